The second-order valence-corrected chi connectivity index (χ2v) is 4.20. The highest BCUT2D eigenvalue weighted by Gasteiger charge is 2.12. The Bertz CT molecular complexity index is 711. The third-order valence-corrected chi connectivity index (χ3v) is 2.60. The van der Waals surface area contributed by atoms with Crippen LogP contribution in [-0.2, 0) is 0 Å². The molecule has 1 rings (SSSR count). The molecule has 1 aromatic rings. The minimum atomic E-state index is -0.620. The van der Waals surface area contributed by atoms with Crippen molar-refractivity contribution < 1.29 is 4.79 Å². The number of hydrogen-bond acceptors (Lipinski definition) is 6. The summed E-state index contributed by atoms with van der Waals surface area (Å²) in [6, 6.07) is 9.71. The maximum absolute atomic E-state index is 11.5. The number of primary amides is 1. The Balaban J connectivity index is 3.30. The van der Waals surface area contributed by atoms with E-state index in [4.69, 9.17) is 21.5 Å². The lowest BCUT2D eigenvalue weighted by atomic mass is 10.1. The third-order valence-electron chi connectivity index (χ3n) is 2.60. The first-order chi connectivity index (χ1) is 9.94. The van der Waals surface area contributed by atoms with Gasteiger partial charge in [0.25, 0.3) is 5.91 Å². The number of amides is 1. The molecule has 3 N–H and O–H groups in total. The Hall–Kier alpha value is -3.50. The van der Waals surface area contributed by atoms with Gasteiger partial charge in [0.15, 0.2) is 5.57 Å². The van der Waals surface area contributed by atoms with Crippen molar-refractivity contribution in [3.8, 4) is 18.2 Å². The molecule has 0 radical (unpaired) electrons. The average molecular weight is 280 g/mol. The van der Waals surface area contributed by atoms with Crippen molar-refractivity contribution in [2.24, 2.45) is 5.73 Å². The van der Waals surface area contributed by atoms with E-state index in [2.05, 4.69) is 5.32 Å². The number of carbonyl (C=O) groups excluding carboxylic acids is 1. The molecule has 7 nitrogen and oxygen atoms in total. The second-order valence-electron chi connectivity index (χ2n) is 4.20. The fraction of sp³-hybridized carbons (Fsp3) is 0.143. The topological polar surface area (TPSA) is 130 Å². The Morgan fingerprint density at radius 2 is 1.81 bits per heavy atom. The molecule has 0 bridgehead atoms. The summed E-state index contributed by atoms with van der Waals surface area (Å²) in [5.41, 5.74) is 6.06. The lowest BCUT2D eigenvalue weighted by Gasteiger charge is -2.17. The van der Waals surface area contributed by atoms with E-state index in [0.29, 0.717) is 11.4 Å². The zero-order chi connectivity index (χ0) is 16.0. The Morgan fingerprint density at radius 1 is 1.19 bits per heavy atom. The van der Waals surface area contributed by atoms with E-state index >= 15 is 0 Å². The number of hydrogen-bond donors (Lipinski definition) is 2. The number of benzene rings is 1. The molecule has 1 aromatic carbocycles. The first kappa shape index (κ1) is 15.6. The minimum Gasteiger partial charge on any atom is -0.377 e. The van der Waals surface area contributed by atoms with E-state index in [1.807, 2.05) is 0 Å². The SMILES string of the molecule is CN(C)c1ccc(NC(C#N)=C(C#N)C#N)cc1C(N)=O. The number of allylic oxidation sites excluding steroid dienone is 2. The first-order valence-electron chi connectivity index (χ1n) is 5.77. The number of rotatable bonds is 4. The van der Waals surface area contributed by atoms with E-state index in [1.165, 1.54) is 6.07 Å². The van der Waals surface area contributed by atoms with Gasteiger partial charge in [0.2, 0.25) is 0 Å². The zero-order valence-corrected chi connectivity index (χ0v) is 11.5. The number of nitriles is 3. The van der Waals surface area contributed by atoms with Crippen molar-refractivity contribution in [2.75, 3.05) is 24.3 Å². The van der Waals surface area contributed by atoms with Crippen molar-refractivity contribution in [3.05, 3.63) is 35.0 Å². The van der Waals surface area contributed by atoms with Gasteiger partial charge in [0.1, 0.15) is 23.9 Å². The molecule has 0 saturated heterocycles. The largest absolute Gasteiger partial charge is 0.377 e. The molecule has 0 unspecified atom stereocenters. The lowest BCUT2D eigenvalue weighted by molar-refractivity contribution is 0.100. The summed E-state index contributed by atoms with van der Waals surface area (Å²) < 4.78 is 0. The molecular weight excluding hydrogens is 268 g/mol. The van der Waals surface area contributed by atoms with Gasteiger partial charge in [-0.05, 0) is 18.2 Å². The van der Waals surface area contributed by atoms with Gasteiger partial charge in [-0.3, -0.25) is 4.79 Å². The van der Waals surface area contributed by atoms with Gasteiger partial charge >= 0.3 is 0 Å². The van der Waals surface area contributed by atoms with Gasteiger partial charge in [-0.15, -0.1) is 0 Å². The summed E-state index contributed by atoms with van der Waals surface area (Å²) in [6.07, 6.45) is 0. The molecule has 0 fully saturated rings. The van der Waals surface area contributed by atoms with Gasteiger partial charge in [-0.25, -0.2) is 0 Å². The summed E-state index contributed by atoms with van der Waals surface area (Å²) in [5, 5.41) is 29.1. The normalized spacial score (nSPS) is 8.71. The van der Waals surface area contributed by atoms with E-state index in [0.717, 1.165) is 0 Å². The van der Waals surface area contributed by atoms with Crippen molar-refractivity contribution in [3.63, 3.8) is 0 Å². The van der Waals surface area contributed by atoms with Crippen molar-refractivity contribution in [2.45, 2.75) is 0 Å². The van der Waals surface area contributed by atoms with Gasteiger partial charge in [-0.2, -0.15) is 15.8 Å². The summed E-state index contributed by atoms with van der Waals surface area (Å²) in [7, 11) is 3.53. The van der Waals surface area contributed by atoms with E-state index in [1.54, 1.807) is 49.3 Å². The molecule has 0 aliphatic rings. The Morgan fingerprint density at radius 3 is 2.24 bits per heavy atom. The van der Waals surface area contributed by atoms with Crippen LogP contribution in [0.4, 0.5) is 11.4 Å². The van der Waals surface area contributed by atoms with Crippen molar-refractivity contribution in [1.82, 2.24) is 0 Å². The van der Waals surface area contributed by atoms with Crippen LogP contribution in [0.1, 0.15) is 10.4 Å². The lowest BCUT2D eigenvalue weighted by Crippen LogP contribution is -2.19. The monoisotopic (exact) mass is 280 g/mol. The summed E-state index contributed by atoms with van der Waals surface area (Å²) in [5.74, 6) is -0.620. The fourth-order valence-corrected chi connectivity index (χ4v) is 1.63. The predicted molar refractivity (Wildman–Crippen MR) is 76.8 cm³/mol. The molecule has 0 aliphatic heterocycles. The number of anilines is 2. The van der Waals surface area contributed by atoms with Crippen LogP contribution in [0.2, 0.25) is 0 Å². The molecule has 0 spiro atoms. The van der Waals surface area contributed by atoms with Crippen molar-refractivity contribution in [1.29, 1.82) is 15.8 Å². The summed E-state index contributed by atoms with van der Waals surface area (Å²) >= 11 is 0. The predicted octanol–water partition coefficient (Wildman–Crippen LogP) is 1.09. The van der Waals surface area contributed by atoms with Crippen molar-refractivity contribution >= 4 is 17.3 Å². The highest BCUT2D eigenvalue weighted by atomic mass is 16.1. The molecule has 104 valence electrons. The minimum absolute atomic E-state index is 0.187. The fourth-order valence-electron chi connectivity index (χ4n) is 1.63. The molecule has 7 heteroatoms. The number of nitrogens with two attached hydrogens (primary N) is 1. The van der Waals surface area contributed by atoms with Gasteiger partial charge < -0.3 is 16.0 Å². The van der Waals surface area contributed by atoms with E-state index < -0.39 is 5.91 Å². The maximum Gasteiger partial charge on any atom is 0.250 e. The number of carbonyl (C=O) groups is 1. The van der Waals surface area contributed by atoms with Crippen LogP contribution < -0.4 is 16.0 Å². The molecule has 21 heavy (non-hydrogen) atoms. The highest BCUT2D eigenvalue weighted by molar-refractivity contribution is 5.99. The molecule has 0 aromatic heterocycles. The molecule has 1 amide bonds. The van der Waals surface area contributed by atoms with Crippen LogP contribution in [0.3, 0.4) is 0 Å². The zero-order valence-electron chi connectivity index (χ0n) is 11.5. The molecular formula is C14H12N6O. The van der Waals surface area contributed by atoms with E-state index in [9.17, 15) is 4.79 Å². The summed E-state index contributed by atoms with van der Waals surface area (Å²) in [6.45, 7) is 0. The van der Waals surface area contributed by atoms with Crippen LogP contribution in [0.15, 0.2) is 29.5 Å². The highest BCUT2D eigenvalue weighted by Crippen LogP contribution is 2.23. The standard InChI is InChI=1S/C14H12N6O/c1-20(2)13-4-3-10(5-11(13)14(18)21)19-12(8-17)9(6-15)7-16/h3-5,19H,1-2H3,(H2,18,21). The second kappa shape index (κ2) is 6.60. The quantitative estimate of drug-likeness (QED) is 0.794. The smallest absolute Gasteiger partial charge is 0.250 e. The van der Waals surface area contributed by atoms with Crippen LogP contribution in [-0.4, -0.2) is 20.0 Å². The maximum atomic E-state index is 11.5. The molecule has 0 heterocycles. The molecule has 0 atom stereocenters. The van der Waals surface area contributed by atoms with Crippen LogP contribution in [0, 0.1) is 34.0 Å². The molecule has 0 aliphatic carbocycles. The Labute approximate surface area is 122 Å². The average Bonchev–Trinajstić information content (AvgIpc) is 2.46. The Kier molecular flexibility index (Phi) is 4.89. The summed E-state index contributed by atoms with van der Waals surface area (Å²) in [4.78, 5) is 13.2. The molecule has 0 saturated carbocycles. The first-order valence-corrected chi connectivity index (χ1v) is 5.77. The number of nitrogens with zero attached hydrogens (tertiary/aromatic N) is 4. The van der Waals surface area contributed by atoms with Gasteiger partial charge in [-0.1, -0.05) is 0 Å². The van der Waals surface area contributed by atoms with E-state index in [-0.39, 0.29) is 16.8 Å². The van der Waals surface area contributed by atoms with Gasteiger partial charge in [0, 0.05) is 25.5 Å². The van der Waals surface area contributed by atoms with Crippen LogP contribution in [0.25, 0.3) is 0 Å². The van der Waals surface area contributed by atoms with Gasteiger partial charge in [0.05, 0.1) is 5.56 Å². The number of nitrogens with one attached hydrogen (secondary N) is 1. The third kappa shape index (κ3) is 3.50. The van der Waals surface area contributed by atoms with Crippen LogP contribution >= 0.6 is 0 Å². The van der Waals surface area contributed by atoms with Crippen LogP contribution in [0.5, 0.6) is 0 Å².